The normalized spacial score (nSPS) is 17.6. The van der Waals surface area contributed by atoms with Gasteiger partial charge in [-0.3, -0.25) is 4.98 Å². The van der Waals surface area contributed by atoms with E-state index < -0.39 is 0 Å². The van der Waals surface area contributed by atoms with E-state index in [0.29, 0.717) is 0 Å². The van der Waals surface area contributed by atoms with Crippen LogP contribution in [0.5, 0.6) is 0 Å². The first kappa shape index (κ1) is 15.2. The molecule has 0 aliphatic carbocycles. The van der Waals surface area contributed by atoms with Gasteiger partial charge in [-0.05, 0) is 33.6 Å². The zero-order valence-electron chi connectivity index (χ0n) is 13.2. The van der Waals surface area contributed by atoms with Gasteiger partial charge in [0.05, 0.1) is 11.9 Å². The van der Waals surface area contributed by atoms with Gasteiger partial charge < -0.3 is 10.2 Å². The van der Waals surface area contributed by atoms with Crippen LogP contribution in [-0.2, 0) is 6.54 Å². The smallest absolute Gasteiger partial charge is 0.147 e. The SMILES string of the molecule is CC(C)(C)NCc1cncc(N2CCCCCCC2)n1. The summed E-state index contributed by atoms with van der Waals surface area (Å²) in [5.74, 6) is 1.04. The fourth-order valence-corrected chi connectivity index (χ4v) is 2.46. The van der Waals surface area contributed by atoms with Crippen molar-refractivity contribution in [2.75, 3.05) is 18.0 Å². The lowest BCUT2D eigenvalue weighted by atomic mass is 10.1. The summed E-state index contributed by atoms with van der Waals surface area (Å²) in [5, 5.41) is 3.47. The Bertz CT molecular complexity index is 403. The molecule has 1 aliphatic rings. The van der Waals surface area contributed by atoms with E-state index in [9.17, 15) is 0 Å². The summed E-state index contributed by atoms with van der Waals surface area (Å²) in [6.45, 7) is 9.52. The standard InChI is InChI=1S/C16H28N4/c1-16(2,3)18-12-14-11-17-13-15(19-14)20-9-7-5-4-6-8-10-20/h11,13,18H,4-10,12H2,1-3H3. The molecular formula is C16H28N4. The number of nitrogens with one attached hydrogen (secondary N) is 1. The van der Waals surface area contributed by atoms with E-state index >= 15 is 0 Å². The van der Waals surface area contributed by atoms with E-state index in [1.807, 2.05) is 12.4 Å². The minimum absolute atomic E-state index is 0.109. The molecule has 4 nitrogen and oxygen atoms in total. The predicted octanol–water partition coefficient (Wildman–Crippen LogP) is 3.14. The van der Waals surface area contributed by atoms with Crippen LogP contribution in [0.15, 0.2) is 12.4 Å². The Morgan fingerprint density at radius 3 is 2.35 bits per heavy atom. The van der Waals surface area contributed by atoms with Gasteiger partial charge in [-0.1, -0.05) is 19.3 Å². The minimum Gasteiger partial charge on any atom is -0.355 e. The number of anilines is 1. The van der Waals surface area contributed by atoms with E-state index in [0.717, 1.165) is 31.1 Å². The van der Waals surface area contributed by atoms with Gasteiger partial charge in [0.25, 0.3) is 0 Å². The molecule has 0 unspecified atom stereocenters. The Morgan fingerprint density at radius 1 is 1.05 bits per heavy atom. The second-order valence-corrected chi connectivity index (χ2v) is 6.73. The highest BCUT2D eigenvalue weighted by Crippen LogP contribution is 2.16. The Kier molecular flexibility index (Phi) is 5.35. The van der Waals surface area contributed by atoms with Crippen LogP contribution in [0.1, 0.15) is 58.6 Å². The van der Waals surface area contributed by atoms with Crippen LogP contribution in [0.4, 0.5) is 5.82 Å². The number of hydrogen-bond donors (Lipinski definition) is 1. The number of rotatable bonds is 3. The topological polar surface area (TPSA) is 41.1 Å². The molecule has 0 aromatic carbocycles. The molecule has 0 saturated carbocycles. The summed E-state index contributed by atoms with van der Waals surface area (Å²) in [6.07, 6.45) is 10.4. The first-order valence-corrected chi connectivity index (χ1v) is 7.85. The Morgan fingerprint density at radius 2 is 1.70 bits per heavy atom. The van der Waals surface area contributed by atoms with Crippen molar-refractivity contribution in [2.24, 2.45) is 0 Å². The lowest BCUT2D eigenvalue weighted by molar-refractivity contribution is 0.420. The van der Waals surface area contributed by atoms with Crippen molar-refractivity contribution in [2.45, 2.75) is 65.0 Å². The maximum Gasteiger partial charge on any atom is 0.147 e. The van der Waals surface area contributed by atoms with Gasteiger partial charge >= 0.3 is 0 Å². The second kappa shape index (κ2) is 7.02. The second-order valence-electron chi connectivity index (χ2n) is 6.73. The molecule has 1 aromatic heterocycles. The van der Waals surface area contributed by atoms with Gasteiger partial charge in [-0.15, -0.1) is 0 Å². The third kappa shape index (κ3) is 5.08. The highest BCUT2D eigenvalue weighted by atomic mass is 15.2. The number of nitrogens with zero attached hydrogens (tertiary/aromatic N) is 3. The summed E-state index contributed by atoms with van der Waals surface area (Å²) in [4.78, 5) is 11.5. The van der Waals surface area contributed by atoms with Crippen molar-refractivity contribution in [1.82, 2.24) is 15.3 Å². The van der Waals surface area contributed by atoms with Crippen molar-refractivity contribution in [3.05, 3.63) is 18.1 Å². The molecule has 0 bridgehead atoms. The summed E-state index contributed by atoms with van der Waals surface area (Å²) in [7, 11) is 0. The molecule has 0 radical (unpaired) electrons. The van der Waals surface area contributed by atoms with E-state index in [4.69, 9.17) is 4.98 Å². The molecule has 0 amide bonds. The Balaban J connectivity index is 2.00. The Hall–Kier alpha value is -1.16. The molecule has 2 heterocycles. The van der Waals surface area contributed by atoms with Crippen molar-refractivity contribution >= 4 is 5.82 Å². The fraction of sp³-hybridized carbons (Fsp3) is 0.750. The van der Waals surface area contributed by atoms with Crippen LogP contribution in [0.25, 0.3) is 0 Å². The van der Waals surface area contributed by atoms with E-state index in [1.54, 1.807) is 0 Å². The summed E-state index contributed by atoms with van der Waals surface area (Å²) < 4.78 is 0. The number of hydrogen-bond acceptors (Lipinski definition) is 4. The average Bonchev–Trinajstić information content (AvgIpc) is 2.35. The van der Waals surface area contributed by atoms with Gasteiger partial charge in [0.1, 0.15) is 5.82 Å². The lowest BCUT2D eigenvalue weighted by Crippen LogP contribution is -2.35. The van der Waals surface area contributed by atoms with Crippen molar-refractivity contribution in [1.29, 1.82) is 0 Å². The average molecular weight is 276 g/mol. The molecule has 4 heteroatoms. The van der Waals surface area contributed by atoms with Gasteiger partial charge in [0.2, 0.25) is 0 Å². The summed E-state index contributed by atoms with van der Waals surface area (Å²) in [5.41, 5.74) is 1.14. The van der Waals surface area contributed by atoms with Crippen molar-refractivity contribution in [3.63, 3.8) is 0 Å². The monoisotopic (exact) mass is 276 g/mol. The molecule has 0 atom stereocenters. The van der Waals surface area contributed by atoms with Crippen LogP contribution in [-0.4, -0.2) is 28.6 Å². The van der Waals surface area contributed by atoms with E-state index in [-0.39, 0.29) is 5.54 Å². The van der Waals surface area contributed by atoms with Crippen LogP contribution in [0, 0.1) is 0 Å². The zero-order valence-corrected chi connectivity index (χ0v) is 13.2. The van der Waals surface area contributed by atoms with Gasteiger partial charge in [-0.25, -0.2) is 4.98 Å². The van der Waals surface area contributed by atoms with Crippen molar-refractivity contribution in [3.8, 4) is 0 Å². The number of aromatic nitrogens is 2. The van der Waals surface area contributed by atoms with Gasteiger partial charge in [0, 0.05) is 31.4 Å². The zero-order chi connectivity index (χ0) is 14.4. The highest BCUT2D eigenvalue weighted by Gasteiger charge is 2.13. The minimum atomic E-state index is 0.109. The first-order chi connectivity index (χ1) is 9.54. The molecule has 1 aliphatic heterocycles. The summed E-state index contributed by atoms with van der Waals surface area (Å²) in [6, 6.07) is 0. The molecule has 0 spiro atoms. The van der Waals surface area contributed by atoms with Gasteiger partial charge in [-0.2, -0.15) is 0 Å². The third-order valence-electron chi connectivity index (χ3n) is 3.65. The van der Waals surface area contributed by atoms with Crippen LogP contribution >= 0.6 is 0 Å². The molecule has 20 heavy (non-hydrogen) atoms. The fourth-order valence-electron chi connectivity index (χ4n) is 2.46. The maximum absolute atomic E-state index is 4.77. The largest absolute Gasteiger partial charge is 0.355 e. The molecule has 112 valence electrons. The summed E-state index contributed by atoms with van der Waals surface area (Å²) >= 11 is 0. The molecule has 1 aromatic rings. The molecular weight excluding hydrogens is 248 g/mol. The third-order valence-corrected chi connectivity index (χ3v) is 3.65. The first-order valence-electron chi connectivity index (χ1n) is 7.85. The molecule has 2 rings (SSSR count). The van der Waals surface area contributed by atoms with Crippen LogP contribution in [0.2, 0.25) is 0 Å². The van der Waals surface area contributed by atoms with E-state index in [1.165, 1.54) is 32.1 Å². The molecule has 1 saturated heterocycles. The molecule has 1 fully saturated rings. The van der Waals surface area contributed by atoms with Gasteiger partial charge in [0.15, 0.2) is 0 Å². The molecule has 1 N–H and O–H groups in total. The Labute approximate surface area is 123 Å². The van der Waals surface area contributed by atoms with Crippen molar-refractivity contribution < 1.29 is 0 Å². The maximum atomic E-state index is 4.77. The van der Waals surface area contributed by atoms with E-state index in [2.05, 4.69) is 36.0 Å². The van der Waals surface area contributed by atoms with Crippen LogP contribution < -0.4 is 10.2 Å². The lowest BCUT2D eigenvalue weighted by Gasteiger charge is -2.26. The highest BCUT2D eigenvalue weighted by molar-refractivity contribution is 5.36. The predicted molar refractivity (Wildman–Crippen MR) is 83.9 cm³/mol. The van der Waals surface area contributed by atoms with Crippen LogP contribution in [0.3, 0.4) is 0 Å². The quantitative estimate of drug-likeness (QED) is 0.921.